The van der Waals surface area contributed by atoms with Gasteiger partial charge < -0.3 is 15.7 Å². The van der Waals surface area contributed by atoms with Crippen molar-refractivity contribution in [3.8, 4) is 0 Å². The Morgan fingerprint density at radius 1 is 1.44 bits per heavy atom. The molecule has 0 rings (SSSR count). The molecule has 16 heavy (non-hydrogen) atoms. The van der Waals surface area contributed by atoms with Crippen LogP contribution in [-0.4, -0.2) is 29.7 Å². The van der Waals surface area contributed by atoms with Gasteiger partial charge >= 0.3 is 12.0 Å². The summed E-state index contributed by atoms with van der Waals surface area (Å²) in [5.41, 5.74) is 0.815. The van der Waals surface area contributed by atoms with Crippen LogP contribution in [0.5, 0.6) is 0 Å². The summed E-state index contributed by atoms with van der Waals surface area (Å²) in [4.78, 5) is 22.1. The fourth-order valence-electron chi connectivity index (χ4n) is 1.11. The molecule has 0 aromatic carbocycles. The highest BCUT2D eigenvalue weighted by molar-refractivity contribution is 5.82. The largest absolute Gasteiger partial charge is 0.480 e. The normalized spacial score (nSPS) is 11.6. The van der Waals surface area contributed by atoms with Gasteiger partial charge in [0.1, 0.15) is 6.04 Å². The van der Waals surface area contributed by atoms with Crippen molar-refractivity contribution in [3.05, 3.63) is 12.2 Å². The lowest BCUT2D eigenvalue weighted by Crippen LogP contribution is -2.46. The van der Waals surface area contributed by atoms with Crippen molar-refractivity contribution >= 4 is 12.0 Å². The van der Waals surface area contributed by atoms with Crippen LogP contribution >= 0.6 is 0 Å². The Hall–Kier alpha value is -1.52. The van der Waals surface area contributed by atoms with Crippen molar-refractivity contribution in [2.45, 2.75) is 39.2 Å². The monoisotopic (exact) mass is 228 g/mol. The summed E-state index contributed by atoms with van der Waals surface area (Å²) in [5.74, 6) is -1.00. The first kappa shape index (κ1) is 14.5. The number of nitrogens with one attached hydrogen (secondary N) is 2. The van der Waals surface area contributed by atoms with E-state index in [0.29, 0.717) is 13.0 Å². The molecule has 2 amide bonds. The molecule has 0 heterocycles. The average Bonchev–Trinajstić information content (AvgIpc) is 2.20. The van der Waals surface area contributed by atoms with E-state index in [9.17, 15) is 9.59 Å². The summed E-state index contributed by atoms with van der Waals surface area (Å²) >= 11 is 0. The molecule has 0 aliphatic rings. The number of carboxylic acid groups (broad SMARTS) is 1. The summed E-state index contributed by atoms with van der Waals surface area (Å²) in [6, 6.07) is -1.28. The second-order valence-corrected chi connectivity index (χ2v) is 3.82. The highest BCUT2D eigenvalue weighted by Crippen LogP contribution is 2.00. The quantitative estimate of drug-likeness (QED) is 0.578. The van der Waals surface area contributed by atoms with Crippen molar-refractivity contribution in [1.29, 1.82) is 0 Å². The van der Waals surface area contributed by atoms with E-state index in [-0.39, 0.29) is 0 Å². The second-order valence-electron chi connectivity index (χ2n) is 3.82. The Kier molecular flexibility index (Phi) is 7.00. The number of hydrogen-bond donors (Lipinski definition) is 3. The van der Waals surface area contributed by atoms with Crippen LogP contribution in [0.15, 0.2) is 12.2 Å². The first-order valence-electron chi connectivity index (χ1n) is 5.39. The summed E-state index contributed by atoms with van der Waals surface area (Å²) in [7, 11) is 0. The van der Waals surface area contributed by atoms with Gasteiger partial charge in [0, 0.05) is 6.54 Å². The number of amides is 2. The summed E-state index contributed by atoms with van der Waals surface area (Å²) in [5, 5.41) is 13.8. The van der Waals surface area contributed by atoms with Crippen LogP contribution in [0.4, 0.5) is 4.79 Å². The van der Waals surface area contributed by atoms with E-state index in [1.54, 1.807) is 6.92 Å². The van der Waals surface area contributed by atoms with Gasteiger partial charge in [-0.3, -0.25) is 0 Å². The van der Waals surface area contributed by atoms with Crippen molar-refractivity contribution in [2.75, 3.05) is 6.54 Å². The van der Waals surface area contributed by atoms with E-state index in [0.717, 1.165) is 18.4 Å². The lowest BCUT2D eigenvalue weighted by molar-refractivity contribution is -0.139. The summed E-state index contributed by atoms with van der Waals surface area (Å²) in [6.07, 6.45) is 2.13. The Morgan fingerprint density at radius 2 is 2.06 bits per heavy atom. The molecule has 0 aromatic rings. The number of carbonyl (C=O) groups excluding carboxylic acids is 1. The maximum atomic E-state index is 11.3. The van der Waals surface area contributed by atoms with E-state index in [2.05, 4.69) is 17.2 Å². The van der Waals surface area contributed by atoms with Crippen molar-refractivity contribution < 1.29 is 14.7 Å². The second kappa shape index (κ2) is 7.73. The highest BCUT2D eigenvalue weighted by atomic mass is 16.4. The number of aliphatic carboxylic acids is 1. The van der Waals surface area contributed by atoms with Gasteiger partial charge in [-0.25, -0.2) is 9.59 Å². The standard InChI is InChI=1S/C11H20N2O3/c1-4-5-6-9(10(14)15)13-11(16)12-7-8(2)3/h9H,2,4-7H2,1,3H3,(H,14,15)(H2,12,13,16). The van der Waals surface area contributed by atoms with Crippen molar-refractivity contribution in [3.63, 3.8) is 0 Å². The molecule has 0 saturated carbocycles. The zero-order valence-corrected chi connectivity index (χ0v) is 9.88. The van der Waals surface area contributed by atoms with E-state index < -0.39 is 18.0 Å². The number of carbonyl (C=O) groups is 2. The van der Waals surface area contributed by atoms with Gasteiger partial charge in [0.05, 0.1) is 0 Å². The maximum absolute atomic E-state index is 11.3. The molecule has 1 atom stereocenters. The molecular weight excluding hydrogens is 208 g/mol. The number of unbranched alkanes of at least 4 members (excludes halogenated alkanes) is 1. The Labute approximate surface area is 95.9 Å². The first-order chi connectivity index (χ1) is 7.47. The molecule has 5 nitrogen and oxygen atoms in total. The van der Waals surface area contributed by atoms with Crippen LogP contribution in [0.1, 0.15) is 33.1 Å². The van der Waals surface area contributed by atoms with Crippen LogP contribution in [0.3, 0.4) is 0 Å². The first-order valence-corrected chi connectivity index (χ1v) is 5.39. The third-order valence-electron chi connectivity index (χ3n) is 2.00. The number of urea groups is 1. The minimum atomic E-state index is -1.00. The number of rotatable bonds is 7. The summed E-state index contributed by atoms with van der Waals surface area (Å²) in [6.45, 7) is 7.74. The molecule has 5 heteroatoms. The van der Waals surface area contributed by atoms with Crippen LogP contribution in [0.2, 0.25) is 0 Å². The fourth-order valence-corrected chi connectivity index (χ4v) is 1.11. The lowest BCUT2D eigenvalue weighted by atomic mass is 10.1. The molecule has 0 radical (unpaired) electrons. The molecular formula is C11H20N2O3. The van der Waals surface area contributed by atoms with Crippen LogP contribution < -0.4 is 10.6 Å². The maximum Gasteiger partial charge on any atom is 0.326 e. The van der Waals surface area contributed by atoms with E-state index >= 15 is 0 Å². The fraction of sp³-hybridized carbons (Fsp3) is 0.636. The molecule has 0 fully saturated rings. The highest BCUT2D eigenvalue weighted by Gasteiger charge is 2.18. The molecule has 0 bridgehead atoms. The number of hydrogen-bond acceptors (Lipinski definition) is 2. The Bertz CT molecular complexity index is 264. The van der Waals surface area contributed by atoms with E-state index in [4.69, 9.17) is 5.11 Å². The smallest absolute Gasteiger partial charge is 0.326 e. The molecule has 0 aliphatic heterocycles. The van der Waals surface area contributed by atoms with Gasteiger partial charge in [-0.05, 0) is 13.3 Å². The van der Waals surface area contributed by atoms with Gasteiger partial charge in [0.15, 0.2) is 0 Å². The van der Waals surface area contributed by atoms with Gasteiger partial charge in [-0.1, -0.05) is 31.9 Å². The summed E-state index contributed by atoms with van der Waals surface area (Å²) < 4.78 is 0. The van der Waals surface area contributed by atoms with Gasteiger partial charge in [0.25, 0.3) is 0 Å². The molecule has 92 valence electrons. The van der Waals surface area contributed by atoms with Gasteiger partial charge in [-0.2, -0.15) is 0 Å². The van der Waals surface area contributed by atoms with E-state index in [1.165, 1.54) is 0 Å². The average molecular weight is 228 g/mol. The molecule has 0 saturated heterocycles. The third kappa shape index (κ3) is 6.86. The third-order valence-corrected chi connectivity index (χ3v) is 2.00. The van der Waals surface area contributed by atoms with Crippen LogP contribution in [0.25, 0.3) is 0 Å². The lowest BCUT2D eigenvalue weighted by Gasteiger charge is -2.14. The molecule has 0 spiro atoms. The topological polar surface area (TPSA) is 78.4 Å². The van der Waals surface area contributed by atoms with Gasteiger partial charge in [0.2, 0.25) is 0 Å². The molecule has 0 aromatic heterocycles. The number of carboxylic acids is 1. The predicted molar refractivity (Wildman–Crippen MR) is 62.3 cm³/mol. The molecule has 0 aliphatic carbocycles. The van der Waals surface area contributed by atoms with E-state index in [1.807, 2.05) is 6.92 Å². The zero-order valence-electron chi connectivity index (χ0n) is 9.88. The van der Waals surface area contributed by atoms with Crippen molar-refractivity contribution in [2.24, 2.45) is 0 Å². The minimum absolute atomic E-state index is 0.353. The van der Waals surface area contributed by atoms with Gasteiger partial charge in [-0.15, -0.1) is 0 Å². The van der Waals surface area contributed by atoms with Crippen LogP contribution in [-0.2, 0) is 4.79 Å². The Morgan fingerprint density at radius 3 is 2.50 bits per heavy atom. The Balaban J connectivity index is 4.02. The molecule has 3 N–H and O–H groups in total. The minimum Gasteiger partial charge on any atom is -0.480 e. The zero-order chi connectivity index (χ0) is 12.6. The predicted octanol–water partition coefficient (Wildman–Crippen LogP) is 1.51. The molecule has 1 unspecified atom stereocenters. The SMILES string of the molecule is C=C(C)CNC(=O)NC(CCCC)C(=O)O. The van der Waals surface area contributed by atoms with Crippen molar-refractivity contribution in [1.82, 2.24) is 10.6 Å². The van der Waals surface area contributed by atoms with Crippen LogP contribution in [0, 0.1) is 0 Å².